The molecule has 1 saturated heterocycles. The maximum absolute atomic E-state index is 15.1. The highest BCUT2D eigenvalue weighted by atomic mass is 32.2. The van der Waals surface area contributed by atoms with Crippen LogP contribution in [0.15, 0.2) is 79.1 Å². The minimum Gasteiger partial charge on any atom is -0.458 e. The minimum atomic E-state index is -3.47. The quantitative estimate of drug-likeness (QED) is 0.223. The number of benzene rings is 1. The molecule has 0 saturated carbocycles. The molecule has 0 bridgehead atoms. The summed E-state index contributed by atoms with van der Waals surface area (Å²) in [6, 6.07) is 18.5. The lowest BCUT2D eigenvalue weighted by atomic mass is 9.88. The summed E-state index contributed by atoms with van der Waals surface area (Å²) in [5.41, 5.74) is 3.78. The van der Waals surface area contributed by atoms with E-state index in [0.717, 1.165) is 17.2 Å². The van der Waals surface area contributed by atoms with Crippen molar-refractivity contribution >= 4 is 44.3 Å². The molecule has 14 heteroatoms. The van der Waals surface area contributed by atoms with Gasteiger partial charge < -0.3 is 15.0 Å². The van der Waals surface area contributed by atoms with E-state index in [1.807, 2.05) is 30.9 Å². The molecule has 4 aromatic heterocycles. The van der Waals surface area contributed by atoms with E-state index < -0.39 is 21.7 Å². The second-order valence-corrected chi connectivity index (χ2v) is 15.1. The molecule has 0 aliphatic carbocycles. The number of pyridine rings is 4. The van der Waals surface area contributed by atoms with Gasteiger partial charge in [-0.05, 0) is 48.4 Å². The van der Waals surface area contributed by atoms with Crippen LogP contribution in [-0.4, -0.2) is 72.2 Å². The Kier molecular flexibility index (Phi) is 9.10. The van der Waals surface area contributed by atoms with Crippen LogP contribution in [0.4, 0.5) is 15.9 Å². The van der Waals surface area contributed by atoms with Crippen molar-refractivity contribution in [1.82, 2.24) is 25.3 Å². The van der Waals surface area contributed by atoms with Gasteiger partial charge in [0, 0.05) is 61.4 Å². The second kappa shape index (κ2) is 13.7. The highest BCUT2D eigenvalue weighted by Crippen LogP contribution is 2.32. The predicted molar refractivity (Wildman–Crippen MR) is 190 cm³/mol. The molecule has 1 aromatic carbocycles. The summed E-state index contributed by atoms with van der Waals surface area (Å²) in [5, 5.41) is 3.55. The van der Waals surface area contributed by atoms with Crippen LogP contribution in [0.5, 0.6) is 0 Å². The molecule has 0 radical (unpaired) electrons. The third-order valence-corrected chi connectivity index (χ3v) is 10.4. The van der Waals surface area contributed by atoms with Gasteiger partial charge in [0.15, 0.2) is 0 Å². The van der Waals surface area contributed by atoms with Gasteiger partial charge in [0.25, 0.3) is 5.91 Å². The summed E-state index contributed by atoms with van der Waals surface area (Å²) in [6.07, 6.45) is 4.55. The largest absolute Gasteiger partial charge is 0.458 e. The van der Waals surface area contributed by atoms with Gasteiger partial charge in [-0.2, -0.15) is 0 Å². The number of hydrogen-bond donors (Lipinski definition) is 1. The number of sulfonamides is 1. The number of rotatable bonds is 8. The average molecular weight is 710 g/mol. The van der Waals surface area contributed by atoms with E-state index in [2.05, 4.69) is 15.3 Å². The number of ether oxygens (including phenoxy) is 1. The van der Waals surface area contributed by atoms with E-state index in [-0.39, 0.29) is 36.1 Å². The highest BCUT2D eigenvalue weighted by molar-refractivity contribution is 7.92. The minimum absolute atomic E-state index is 0.0270. The molecular formula is C37H36FN7O5S. The molecule has 5 aromatic rings. The van der Waals surface area contributed by atoms with Crippen molar-refractivity contribution < 1.29 is 27.1 Å². The van der Waals surface area contributed by atoms with Crippen molar-refractivity contribution in [3.63, 3.8) is 0 Å². The molecule has 6 heterocycles. The van der Waals surface area contributed by atoms with Gasteiger partial charge in [-0.15, -0.1) is 0 Å². The number of anilines is 2. The lowest BCUT2D eigenvalue weighted by Crippen LogP contribution is -2.49. The number of nitrogens with zero attached hydrogens (tertiary/aromatic N) is 6. The van der Waals surface area contributed by atoms with Crippen LogP contribution in [0.25, 0.3) is 22.3 Å². The van der Waals surface area contributed by atoms with Crippen LogP contribution in [0.2, 0.25) is 0 Å². The molecule has 12 nitrogen and oxygen atoms in total. The van der Waals surface area contributed by atoms with Crippen LogP contribution in [-0.2, 0) is 27.7 Å². The molecular weight excluding hydrogens is 674 g/mol. The Morgan fingerprint density at radius 2 is 1.71 bits per heavy atom. The van der Waals surface area contributed by atoms with Crippen molar-refractivity contribution in [2.75, 3.05) is 35.1 Å². The standard InChI is InChI=1S/C37H36FN7O5S/c1-22-20-44(21-23(2)35(22)50-37(47)24-7-5-4-6-8-24)34-14-27(38)13-31(43-34)29-10-9-25-17-39-28(15-30(25)42-29)19-41-36(46)32-16-33-26(18-40-32)11-12-45(33)51(3,48)49/h4-10,13-18,22-23,35H,11-12,19-21H2,1-3H3,(H,41,46)/t22-,23+,35?. The molecule has 1 fully saturated rings. The fourth-order valence-corrected chi connectivity index (χ4v) is 7.72. The molecule has 262 valence electrons. The van der Waals surface area contributed by atoms with Gasteiger partial charge in [0.05, 0.1) is 46.6 Å². The van der Waals surface area contributed by atoms with Gasteiger partial charge in [-0.3, -0.25) is 19.1 Å². The van der Waals surface area contributed by atoms with Crippen molar-refractivity contribution in [3.8, 4) is 11.4 Å². The molecule has 1 N–H and O–H groups in total. The fourth-order valence-electron chi connectivity index (χ4n) is 6.77. The Morgan fingerprint density at radius 3 is 2.45 bits per heavy atom. The van der Waals surface area contributed by atoms with Crippen LogP contribution in [0, 0.1) is 17.7 Å². The summed E-state index contributed by atoms with van der Waals surface area (Å²) in [6.45, 7) is 5.46. The topological polar surface area (TPSA) is 148 Å². The number of esters is 1. The Morgan fingerprint density at radius 1 is 0.941 bits per heavy atom. The molecule has 1 amide bonds. The Balaban J connectivity index is 1.05. The van der Waals surface area contributed by atoms with Gasteiger partial charge in [0.1, 0.15) is 23.4 Å². The first-order chi connectivity index (χ1) is 24.4. The smallest absolute Gasteiger partial charge is 0.338 e. The normalized spacial score (nSPS) is 18.8. The number of halogens is 1. The molecule has 3 atom stereocenters. The van der Waals surface area contributed by atoms with E-state index in [1.165, 1.54) is 28.7 Å². The van der Waals surface area contributed by atoms with E-state index in [1.54, 1.807) is 42.6 Å². The summed E-state index contributed by atoms with van der Waals surface area (Å²) in [4.78, 5) is 46.0. The van der Waals surface area contributed by atoms with E-state index in [0.29, 0.717) is 65.7 Å². The highest BCUT2D eigenvalue weighted by Gasteiger charge is 2.36. The summed E-state index contributed by atoms with van der Waals surface area (Å²) in [7, 11) is -3.47. The maximum atomic E-state index is 15.1. The van der Waals surface area contributed by atoms with Crippen LogP contribution in [0.3, 0.4) is 0 Å². The Hall–Kier alpha value is -5.50. The number of amides is 1. The number of nitrogens with one attached hydrogen (secondary N) is 1. The maximum Gasteiger partial charge on any atom is 0.338 e. The number of carbonyl (C=O) groups excluding carboxylic acids is 2. The lowest BCUT2D eigenvalue weighted by molar-refractivity contribution is -0.00720. The van der Waals surface area contributed by atoms with Crippen LogP contribution >= 0.6 is 0 Å². The zero-order valence-corrected chi connectivity index (χ0v) is 29.1. The van der Waals surface area contributed by atoms with Gasteiger partial charge in [0.2, 0.25) is 10.0 Å². The van der Waals surface area contributed by atoms with Crippen molar-refractivity contribution in [2.24, 2.45) is 11.8 Å². The average Bonchev–Trinajstić information content (AvgIpc) is 3.56. The fraction of sp³-hybridized carbons (Fsp3) is 0.297. The first kappa shape index (κ1) is 34.0. The summed E-state index contributed by atoms with van der Waals surface area (Å²) >= 11 is 0. The SMILES string of the molecule is C[C@@H]1CN(c2cc(F)cc(-c3ccc4cnc(CNC(=O)c5cc6c(cn5)CCN6S(C)(=O)=O)cc4n3)n2)C[C@H](C)C1OC(=O)c1ccccc1. The van der Waals surface area contributed by atoms with Gasteiger partial charge in [-0.1, -0.05) is 32.0 Å². The number of fused-ring (bicyclic) bond motifs is 2. The van der Waals surface area contributed by atoms with Crippen LogP contribution < -0.4 is 14.5 Å². The number of hydrogen-bond acceptors (Lipinski definition) is 10. The summed E-state index contributed by atoms with van der Waals surface area (Å²) in [5.74, 6) is -0.868. The van der Waals surface area contributed by atoms with Crippen LogP contribution in [0.1, 0.15) is 46.0 Å². The summed E-state index contributed by atoms with van der Waals surface area (Å²) < 4.78 is 46.6. The molecule has 7 rings (SSSR count). The van der Waals surface area contributed by atoms with E-state index >= 15 is 4.39 Å². The second-order valence-electron chi connectivity index (χ2n) is 13.2. The molecule has 0 spiro atoms. The Labute approximate surface area is 294 Å². The zero-order chi connectivity index (χ0) is 35.9. The predicted octanol–water partition coefficient (Wildman–Crippen LogP) is 4.80. The monoisotopic (exact) mass is 709 g/mol. The lowest BCUT2D eigenvalue weighted by Gasteiger charge is -2.41. The van der Waals surface area contributed by atoms with Gasteiger partial charge >= 0.3 is 5.97 Å². The molecule has 2 aliphatic rings. The van der Waals surface area contributed by atoms with Crippen molar-refractivity contribution in [3.05, 3.63) is 107 Å². The van der Waals surface area contributed by atoms with Crippen molar-refractivity contribution in [1.29, 1.82) is 0 Å². The third kappa shape index (κ3) is 7.22. The third-order valence-electron chi connectivity index (χ3n) is 9.26. The zero-order valence-electron chi connectivity index (χ0n) is 28.3. The van der Waals surface area contributed by atoms with Crippen molar-refractivity contribution in [2.45, 2.75) is 32.9 Å². The molecule has 2 aliphatic heterocycles. The van der Waals surface area contributed by atoms with E-state index in [4.69, 9.17) is 14.7 Å². The van der Waals surface area contributed by atoms with E-state index in [9.17, 15) is 18.0 Å². The molecule has 1 unspecified atom stereocenters. The Bertz CT molecular complexity index is 2240. The number of piperidine rings is 1. The molecule has 51 heavy (non-hydrogen) atoms. The first-order valence-corrected chi connectivity index (χ1v) is 18.5. The number of aromatic nitrogens is 4. The number of carbonyl (C=O) groups is 2. The first-order valence-electron chi connectivity index (χ1n) is 16.6. The van der Waals surface area contributed by atoms with Gasteiger partial charge in [-0.25, -0.2) is 27.6 Å².